The van der Waals surface area contributed by atoms with Crippen LogP contribution in [0.1, 0.15) is 12.5 Å². The second-order valence-corrected chi connectivity index (χ2v) is 7.19. The van der Waals surface area contributed by atoms with E-state index < -0.39 is 6.04 Å². The fourth-order valence-corrected chi connectivity index (χ4v) is 3.39. The van der Waals surface area contributed by atoms with E-state index in [1.54, 1.807) is 75.1 Å². The van der Waals surface area contributed by atoms with E-state index in [9.17, 15) is 4.79 Å². The number of nitriles is 1. The summed E-state index contributed by atoms with van der Waals surface area (Å²) in [5, 5.41) is 17.3. The van der Waals surface area contributed by atoms with Crippen LogP contribution in [0, 0.1) is 11.3 Å². The van der Waals surface area contributed by atoms with Crippen molar-refractivity contribution in [3.63, 3.8) is 0 Å². The summed E-state index contributed by atoms with van der Waals surface area (Å²) in [6.45, 7) is 1.74. The van der Waals surface area contributed by atoms with Crippen LogP contribution in [0.2, 0.25) is 0 Å². The molecule has 30 heavy (non-hydrogen) atoms. The van der Waals surface area contributed by atoms with Gasteiger partial charge >= 0.3 is 0 Å². The minimum Gasteiger partial charge on any atom is -0.497 e. The predicted molar refractivity (Wildman–Crippen MR) is 117 cm³/mol. The molecule has 0 saturated heterocycles. The first-order valence-corrected chi connectivity index (χ1v) is 9.97. The molecule has 3 rings (SSSR count). The molecule has 7 nitrogen and oxygen atoms in total. The van der Waals surface area contributed by atoms with Gasteiger partial charge in [-0.2, -0.15) is 5.26 Å². The summed E-state index contributed by atoms with van der Waals surface area (Å²) in [7, 11) is 3.16. The summed E-state index contributed by atoms with van der Waals surface area (Å²) < 4.78 is 16.5. The van der Waals surface area contributed by atoms with Crippen molar-refractivity contribution < 1.29 is 19.0 Å². The van der Waals surface area contributed by atoms with Crippen molar-refractivity contribution in [3.05, 3.63) is 59.5 Å². The maximum absolute atomic E-state index is 12.5. The number of methoxy groups -OCH3 is 2. The van der Waals surface area contributed by atoms with E-state index in [0.29, 0.717) is 33.5 Å². The third-order valence-electron chi connectivity index (χ3n) is 4.25. The Labute approximate surface area is 178 Å². The lowest BCUT2D eigenvalue weighted by Gasteiger charge is -2.17. The molecule has 0 radical (unpaired) electrons. The largest absolute Gasteiger partial charge is 0.497 e. The summed E-state index contributed by atoms with van der Waals surface area (Å²) in [6.07, 6.45) is 0. The Morgan fingerprint density at radius 1 is 1.03 bits per heavy atom. The molecule has 3 aromatic rings. The van der Waals surface area contributed by atoms with Gasteiger partial charge in [0.1, 0.15) is 28.6 Å². The standard InChI is InChI=1S/C22H21N3O4S/c1-14(21(26)25-22-15(13-23)10-11-30-22)24-16-4-9-19(28-3)20(12-16)29-18-7-5-17(27-2)6-8-18/h4-12,14,24H,1-3H3,(H,25,26). The molecule has 1 heterocycles. The molecule has 0 aliphatic heterocycles. The molecular weight excluding hydrogens is 402 g/mol. The fourth-order valence-electron chi connectivity index (χ4n) is 2.65. The van der Waals surface area contributed by atoms with Crippen LogP contribution in [0.25, 0.3) is 0 Å². The van der Waals surface area contributed by atoms with E-state index in [1.165, 1.54) is 11.3 Å². The molecule has 8 heteroatoms. The number of anilines is 2. The highest BCUT2D eigenvalue weighted by molar-refractivity contribution is 7.14. The lowest BCUT2D eigenvalue weighted by atomic mass is 10.2. The quantitative estimate of drug-likeness (QED) is 0.537. The third-order valence-corrected chi connectivity index (χ3v) is 5.08. The highest BCUT2D eigenvalue weighted by Gasteiger charge is 2.16. The number of benzene rings is 2. The molecular formula is C22H21N3O4S. The Balaban J connectivity index is 1.71. The number of thiophene rings is 1. The zero-order valence-electron chi connectivity index (χ0n) is 16.8. The van der Waals surface area contributed by atoms with Crippen molar-refractivity contribution in [2.75, 3.05) is 24.9 Å². The van der Waals surface area contributed by atoms with Crippen LogP contribution in [0.4, 0.5) is 10.7 Å². The number of hydrogen-bond acceptors (Lipinski definition) is 7. The lowest BCUT2D eigenvalue weighted by Crippen LogP contribution is -2.31. The number of ether oxygens (including phenoxy) is 3. The Morgan fingerprint density at radius 3 is 2.43 bits per heavy atom. The normalized spacial score (nSPS) is 11.1. The molecule has 1 unspecified atom stereocenters. The molecule has 2 aromatic carbocycles. The van der Waals surface area contributed by atoms with Gasteiger partial charge < -0.3 is 24.8 Å². The monoisotopic (exact) mass is 423 g/mol. The zero-order valence-corrected chi connectivity index (χ0v) is 17.6. The van der Waals surface area contributed by atoms with Crippen LogP contribution >= 0.6 is 11.3 Å². The second kappa shape index (κ2) is 9.67. The van der Waals surface area contributed by atoms with E-state index in [4.69, 9.17) is 19.5 Å². The van der Waals surface area contributed by atoms with Gasteiger partial charge in [-0.05, 0) is 54.8 Å². The molecule has 2 N–H and O–H groups in total. The number of rotatable bonds is 8. The number of nitrogens with zero attached hydrogens (tertiary/aromatic N) is 1. The first-order chi connectivity index (χ1) is 14.5. The Kier molecular flexibility index (Phi) is 6.78. The van der Waals surface area contributed by atoms with Gasteiger partial charge in [0.2, 0.25) is 5.91 Å². The van der Waals surface area contributed by atoms with Crippen LogP contribution in [0.15, 0.2) is 53.9 Å². The summed E-state index contributed by atoms with van der Waals surface area (Å²) in [6, 6.07) is 15.7. The first-order valence-electron chi connectivity index (χ1n) is 9.09. The Hall–Kier alpha value is -3.70. The van der Waals surface area contributed by atoms with E-state index in [0.717, 1.165) is 5.75 Å². The number of hydrogen-bond donors (Lipinski definition) is 2. The lowest BCUT2D eigenvalue weighted by molar-refractivity contribution is -0.116. The average molecular weight is 423 g/mol. The van der Waals surface area contributed by atoms with Crippen LogP contribution in [-0.2, 0) is 4.79 Å². The van der Waals surface area contributed by atoms with E-state index in [-0.39, 0.29) is 5.91 Å². The van der Waals surface area contributed by atoms with Crippen molar-refractivity contribution >= 4 is 27.9 Å². The Bertz CT molecular complexity index is 1060. The summed E-state index contributed by atoms with van der Waals surface area (Å²) in [5.41, 5.74) is 1.13. The highest BCUT2D eigenvalue weighted by atomic mass is 32.1. The van der Waals surface area contributed by atoms with Gasteiger partial charge in [0, 0.05) is 11.8 Å². The molecule has 0 aliphatic carbocycles. The summed E-state index contributed by atoms with van der Waals surface area (Å²) in [5.74, 6) is 2.17. The van der Waals surface area contributed by atoms with Gasteiger partial charge in [-0.15, -0.1) is 11.3 Å². The third kappa shape index (κ3) is 5.01. The fraction of sp³-hybridized carbons (Fsp3) is 0.182. The van der Waals surface area contributed by atoms with Gasteiger partial charge in [0.15, 0.2) is 11.5 Å². The van der Waals surface area contributed by atoms with E-state index in [1.807, 2.05) is 0 Å². The van der Waals surface area contributed by atoms with Gasteiger partial charge in [-0.1, -0.05) is 0 Å². The van der Waals surface area contributed by atoms with Crippen molar-refractivity contribution in [1.29, 1.82) is 5.26 Å². The van der Waals surface area contributed by atoms with Crippen LogP contribution in [-0.4, -0.2) is 26.2 Å². The van der Waals surface area contributed by atoms with Crippen molar-refractivity contribution in [1.82, 2.24) is 0 Å². The van der Waals surface area contributed by atoms with Crippen molar-refractivity contribution in [2.45, 2.75) is 13.0 Å². The molecule has 154 valence electrons. The van der Waals surface area contributed by atoms with E-state index in [2.05, 4.69) is 16.7 Å². The summed E-state index contributed by atoms with van der Waals surface area (Å²) in [4.78, 5) is 12.5. The molecule has 0 fully saturated rings. The summed E-state index contributed by atoms with van der Waals surface area (Å²) >= 11 is 1.31. The first kappa shape index (κ1) is 21.0. The predicted octanol–water partition coefficient (Wildman–Crippen LogP) is 4.87. The molecule has 0 aliphatic rings. The topological polar surface area (TPSA) is 92.6 Å². The number of carbonyl (C=O) groups is 1. The van der Waals surface area contributed by atoms with Crippen LogP contribution in [0.3, 0.4) is 0 Å². The molecule has 0 spiro atoms. The Morgan fingerprint density at radius 2 is 1.77 bits per heavy atom. The van der Waals surface area contributed by atoms with Crippen molar-refractivity contribution in [3.8, 4) is 29.1 Å². The highest BCUT2D eigenvalue weighted by Crippen LogP contribution is 2.34. The van der Waals surface area contributed by atoms with Gasteiger partial charge in [-0.3, -0.25) is 4.79 Å². The minimum atomic E-state index is -0.541. The minimum absolute atomic E-state index is 0.248. The zero-order chi connectivity index (χ0) is 21.5. The number of nitrogens with one attached hydrogen (secondary N) is 2. The van der Waals surface area contributed by atoms with Gasteiger partial charge in [0.05, 0.1) is 19.8 Å². The number of carbonyl (C=O) groups excluding carboxylic acids is 1. The van der Waals surface area contributed by atoms with Crippen LogP contribution < -0.4 is 24.8 Å². The maximum Gasteiger partial charge on any atom is 0.247 e. The average Bonchev–Trinajstić information content (AvgIpc) is 3.21. The molecule has 0 saturated carbocycles. The van der Waals surface area contributed by atoms with E-state index >= 15 is 0 Å². The molecule has 1 amide bonds. The van der Waals surface area contributed by atoms with Gasteiger partial charge in [0.25, 0.3) is 0 Å². The maximum atomic E-state index is 12.5. The smallest absolute Gasteiger partial charge is 0.247 e. The molecule has 0 bridgehead atoms. The van der Waals surface area contributed by atoms with Crippen LogP contribution in [0.5, 0.6) is 23.0 Å². The SMILES string of the molecule is COc1ccc(Oc2cc(NC(C)C(=O)Nc3sccc3C#N)ccc2OC)cc1. The number of amides is 1. The second-order valence-electron chi connectivity index (χ2n) is 6.27. The van der Waals surface area contributed by atoms with Crippen molar-refractivity contribution in [2.24, 2.45) is 0 Å². The van der Waals surface area contributed by atoms with Gasteiger partial charge in [-0.25, -0.2) is 0 Å². The molecule has 1 aromatic heterocycles. The molecule has 1 atom stereocenters.